The highest BCUT2D eigenvalue weighted by Gasteiger charge is 2.11. The molecule has 2 nitrogen and oxygen atoms in total. The topological polar surface area (TPSA) is 26.9 Å². The molecule has 0 bridgehead atoms. The average molecular weight is 214 g/mol. The molecule has 0 spiro atoms. The van der Waals surface area contributed by atoms with Crippen LogP contribution >= 0.6 is 23.2 Å². The molecule has 0 atom stereocenters. The Balaban J connectivity index is 2.97. The molecule has 1 aromatic heterocycles. The maximum absolute atomic E-state index is 11.4. The fourth-order valence-electron chi connectivity index (χ4n) is 1.21. The van der Waals surface area contributed by atoms with Gasteiger partial charge in [-0.05, 0) is 17.7 Å². The first-order valence-corrected chi connectivity index (χ1v) is 4.42. The fourth-order valence-corrected chi connectivity index (χ4v) is 1.73. The van der Waals surface area contributed by atoms with E-state index >= 15 is 0 Å². The number of rotatable bonds is 0. The van der Waals surface area contributed by atoms with Gasteiger partial charge in [-0.25, -0.2) is 0 Å². The van der Waals surface area contributed by atoms with Gasteiger partial charge in [-0.15, -0.1) is 0 Å². The van der Waals surface area contributed by atoms with Crippen LogP contribution in [-0.4, -0.2) is 0 Å². The summed E-state index contributed by atoms with van der Waals surface area (Å²) in [5, 5.41) is 12.7. The number of pyridine rings is 1. The lowest BCUT2D eigenvalue weighted by Crippen LogP contribution is -2.28. The first kappa shape index (κ1) is 8.60. The Labute approximate surface area is 84.9 Å². The van der Waals surface area contributed by atoms with Crippen molar-refractivity contribution in [3.8, 4) is 0 Å². The predicted molar refractivity (Wildman–Crippen MR) is 52.9 cm³/mol. The number of fused-ring (bicyclic) bond motifs is 1. The molecular weight excluding hydrogens is 209 g/mol. The minimum absolute atomic E-state index is 0.0868. The summed E-state index contributed by atoms with van der Waals surface area (Å²) in [6.45, 7) is 0. The number of hydrogen-bond acceptors (Lipinski definition) is 1. The highest BCUT2D eigenvalue weighted by atomic mass is 35.5. The van der Waals surface area contributed by atoms with Crippen LogP contribution in [0.25, 0.3) is 10.9 Å². The second-order valence-electron chi connectivity index (χ2n) is 2.63. The molecule has 13 heavy (non-hydrogen) atoms. The first-order valence-electron chi connectivity index (χ1n) is 3.66. The summed E-state index contributed by atoms with van der Waals surface area (Å²) in [6, 6.07) is 8.49. The van der Waals surface area contributed by atoms with Gasteiger partial charge in [-0.1, -0.05) is 23.7 Å². The standard InChI is InChI=1S/C9H5Cl2NO/c10-7-5-9(11)12(13)8-4-2-1-3-6(7)8/h1-5H. The van der Waals surface area contributed by atoms with Gasteiger partial charge in [0.1, 0.15) is 0 Å². The molecule has 2 rings (SSSR count). The molecule has 0 fully saturated rings. The maximum atomic E-state index is 11.4. The summed E-state index contributed by atoms with van der Waals surface area (Å²) in [7, 11) is 0. The third-order valence-electron chi connectivity index (χ3n) is 1.82. The van der Waals surface area contributed by atoms with Gasteiger partial charge in [0.25, 0.3) is 5.15 Å². The number of benzene rings is 1. The minimum atomic E-state index is 0.0868. The zero-order valence-electron chi connectivity index (χ0n) is 6.50. The smallest absolute Gasteiger partial charge is 0.288 e. The highest BCUT2D eigenvalue weighted by molar-refractivity contribution is 6.37. The maximum Gasteiger partial charge on any atom is 0.288 e. The lowest BCUT2D eigenvalue weighted by Gasteiger charge is -2.03. The Bertz CT molecular complexity index is 470. The van der Waals surface area contributed by atoms with Crippen molar-refractivity contribution in [2.45, 2.75) is 0 Å². The van der Waals surface area contributed by atoms with Crippen LogP contribution in [0.1, 0.15) is 0 Å². The van der Waals surface area contributed by atoms with Gasteiger partial charge in [0.2, 0.25) is 5.52 Å². The van der Waals surface area contributed by atoms with Crippen molar-refractivity contribution in [1.82, 2.24) is 0 Å². The van der Waals surface area contributed by atoms with E-state index in [1.54, 1.807) is 18.2 Å². The van der Waals surface area contributed by atoms with E-state index in [1.807, 2.05) is 6.07 Å². The van der Waals surface area contributed by atoms with E-state index in [4.69, 9.17) is 23.2 Å². The van der Waals surface area contributed by atoms with Crippen LogP contribution in [-0.2, 0) is 0 Å². The Hall–Kier alpha value is -0.990. The van der Waals surface area contributed by atoms with Gasteiger partial charge >= 0.3 is 0 Å². The summed E-state index contributed by atoms with van der Waals surface area (Å²) in [5.41, 5.74) is 0.486. The van der Waals surface area contributed by atoms with E-state index in [0.29, 0.717) is 20.7 Å². The second kappa shape index (κ2) is 3.05. The molecule has 66 valence electrons. The van der Waals surface area contributed by atoms with Crippen molar-refractivity contribution in [2.75, 3.05) is 0 Å². The molecule has 4 heteroatoms. The van der Waals surface area contributed by atoms with Crippen molar-refractivity contribution in [3.05, 3.63) is 45.7 Å². The Morgan fingerprint density at radius 2 is 1.85 bits per heavy atom. The summed E-state index contributed by atoms with van der Waals surface area (Å²) in [6.07, 6.45) is 0. The lowest BCUT2D eigenvalue weighted by molar-refractivity contribution is -0.574. The van der Waals surface area contributed by atoms with Crippen LogP contribution in [0, 0.1) is 5.21 Å². The number of aromatic nitrogens is 1. The SMILES string of the molecule is [O-][n+]1c(Cl)cc(Cl)c2ccccc21. The number of nitrogens with zero attached hydrogens (tertiary/aromatic N) is 1. The first-order chi connectivity index (χ1) is 6.20. The van der Waals surface area contributed by atoms with Gasteiger partial charge in [-0.3, -0.25) is 0 Å². The number of halogens is 2. The summed E-state index contributed by atoms with van der Waals surface area (Å²) in [4.78, 5) is 0. The van der Waals surface area contributed by atoms with Crippen LogP contribution in [0.15, 0.2) is 30.3 Å². The van der Waals surface area contributed by atoms with Gasteiger partial charge < -0.3 is 5.21 Å². The van der Waals surface area contributed by atoms with Gasteiger partial charge in [0, 0.05) is 12.1 Å². The van der Waals surface area contributed by atoms with E-state index in [2.05, 4.69) is 0 Å². The molecule has 0 radical (unpaired) electrons. The molecule has 2 aromatic rings. The molecule has 0 aliphatic carbocycles. The molecule has 1 heterocycles. The number of hydrogen-bond donors (Lipinski definition) is 0. The zero-order chi connectivity index (χ0) is 9.42. The van der Waals surface area contributed by atoms with Gasteiger partial charge in [0.15, 0.2) is 0 Å². The van der Waals surface area contributed by atoms with Crippen molar-refractivity contribution < 1.29 is 4.73 Å². The second-order valence-corrected chi connectivity index (χ2v) is 3.42. The molecule has 0 unspecified atom stereocenters. The molecule has 1 aromatic carbocycles. The molecule has 0 aliphatic heterocycles. The van der Waals surface area contributed by atoms with Gasteiger partial charge in [0.05, 0.1) is 10.4 Å². The molecule has 0 amide bonds. The van der Waals surface area contributed by atoms with E-state index in [1.165, 1.54) is 6.07 Å². The Morgan fingerprint density at radius 3 is 2.62 bits per heavy atom. The van der Waals surface area contributed by atoms with Crippen molar-refractivity contribution in [2.24, 2.45) is 0 Å². The third kappa shape index (κ3) is 1.32. The summed E-state index contributed by atoms with van der Waals surface area (Å²) in [5.74, 6) is 0. The van der Waals surface area contributed by atoms with E-state index < -0.39 is 0 Å². The molecule has 0 aliphatic rings. The van der Waals surface area contributed by atoms with Crippen LogP contribution < -0.4 is 4.73 Å². The fraction of sp³-hybridized carbons (Fsp3) is 0. The van der Waals surface area contributed by atoms with Crippen LogP contribution in [0.4, 0.5) is 0 Å². The Morgan fingerprint density at radius 1 is 1.15 bits per heavy atom. The van der Waals surface area contributed by atoms with Crippen LogP contribution in [0.2, 0.25) is 10.2 Å². The van der Waals surface area contributed by atoms with Crippen LogP contribution in [0.3, 0.4) is 0 Å². The van der Waals surface area contributed by atoms with Crippen molar-refractivity contribution >= 4 is 34.1 Å². The molecular formula is C9H5Cl2NO. The lowest BCUT2D eigenvalue weighted by atomic mass is 10.2. The minimum Gasteiger partial charge on any atom is -0.617 e. The molecule has 0 saturated carbocycles. The Kier molecular flexibility index (Phi) is 2.02. The average Bonchev–Trinajstić information content (AvgIpc) is 2.15. The third-order valence-corrected chi connectivity index (χ3v) is 2.40. The molecule has 0 saturated heterocycles. The van der Waals surface area contributed by atoms with E-state index in [0.717, 1.165) is 0 Å². The molecule has 0 N–H and O–H groups in total. The number of para-hydroxylation sites is 1. The summed E-state index contributed by atoms with van der Waals surface area (Å²) >= 11 is 11.6. The van der Waals surface area contributed by atoms with E-state index in [9.17, 15) is 5.21 Å². The summed E-state index contributed by atoms with van der Waals surface area (Å²) < 4.78 is 0.656. The zero-order valence-corrected chi connectivity index (χ0v) is 8.01. The van der Waals surface area contributed by atoms with Crippen LogP contribution in [0.5, 0.6) is 0 Å². The van der Waals surface area contributed by atoms with Crippen molar-refractivity contribution in [3.63, 3.8) is 0 Å². The van der Waals surface area contributed by atoms with Gasteiger partial charge in [-0.2, -0.15) is 4.73 Å². The highest BCUT2D eigenvalue weighted by Crippen LogP contribution is 2.22. The van der Waals surface area contributed by atoms with E-state index in [-0.39, 0.29) is 5.15 Å². The predicted octanol–water partition coefficient (Wildman–Crippen LogP) is 2.78. The normalized spacial score (nSPS) is 10.6. The monoisotopic (exact) mass is 213 g/mol. The quantitative estimate of drug-likeness (QED) is 0.376. The largest absolute Gasteiger partial charge is 0.617 e. The van der Waals surface area contributed by atoms with Crippen molar-refractivity contribution in [1.29, 1.82) is 0 Å².